The van der Waals surface area contributed by atoms with Crippen molar-refractivity contribution in [1.29, 1.82) is 0 Å². The molecule has 174 valence electrons. The summed E-state index contributed by atoms with van der Waals surface area (Å²) in [7, 11) is -3.61. The molecule has 0 saturated carbocycles. The highest BCUT2D eigenvalue weighted by Gasteiger charge is 2.19. The molecule has 7 nitrogen and oxygen atoms in total. The van der Waals surface area contributed by atoms with Gasteiger partial charge in [0, 0.05) is 50.5 Å². The van der Waals surface area contributed by atoms with Crippen molar-refractivity contribution in [2.75, 3.05) is 49.5 Å². The first-order valence-electron chi connectivity index (χ1n) is 10.9. The molecule has 1 amide bonds. The number of nitrogens with one attached hydrogen (secondary N) is 2. The number of piperazine rings is 1. The van der Waals surface area contributed by atoms with E-state index < -0.39 is 10.0 Å². The van der Waals surface area contributed by atoms with E-state index in [1.54, 1.807) is 38.1 Å². The summed E-state index contributed by atoms with van der Waals surface area (Å²) >= 11 is 0. The maximum Gasteiger partial charge on any atom is 0.240 e. The number of aryl methyl sites for hydroxylation is 1. The lowest BCUT2D eigenvalue weighted by molar-refractivity contribution is -0.115. The van der Waals surface area contributed by atoms with Gasteiger partial charge < -0.3 is 10.2 Å². The molecule has 2 N–H and O–H groups in total. The van der Waals surface area contributed by atoms with Gasteiger partial charge in [-0.2, -0.15) is 0 Å². The fourth-order valence-corrected chi connectivity index (χ4v) is 5.05. The number of anilines is 2. The molecule has 1 heterocycles. The van der Waals surface area contributed by atoms with Crippen molar-refractivity contribution >= 4 is 27.3 Å². The van der Waals surface area contributed by atoms with Gasteiger partial charge in [-0.25, -0.2) is 17.5 Å². The summed E-state index contributed by atoms with van der Waals surface area (Å²) < 4.78 is 41.1. The largest absolute Gasteiger partial charge is 0.369 e. The van der Waals surface area contributed by atoms with Crippen molar-refractivity contribution in [3.8, 4) is 0 Å². The van der Waals surface area contributed by atoms with Gasteiger partial charge in [0.05, 0.1) is 4.90 Å². The summed E-state index contributed by atoms with van der Waals surface area (Å²) in [5, 5.41) is 2.74. The van der Waals surface area contributed by atoms with Crippen LogP contribution in [0.3, 0.4) is 0 Å². The number of nitrogens with zero attached hydrogens (tertiary/aromatic N) is 2. The molecule has 1 saturated heterocycles. The van der Waals surface area contributed by atoms with Gasteiger partial charge in [0.15, 0.2) is 0 Å². The third kappa shape index (κ3) is 6.51. The lowest BCUT2D eigenvalue weighted by Gasteiger charge is -2.36. The van der Waals surface area contributed by atoms with Gasteiger partial charge >= 0.3 is 0 Å². The zero-order valence-corrected chi connectivity index (χ0v) is 19.4. The predicted molar refractivity (Wildman–Crippen MR) is 125 cm³/mol. The van der Waals surface area contributed by atoms with Gasteiger partial charge in [-0.05, 0) is 67.9 Å². The fraction of sp³-hybridized carbons (Fsp3) is 0.435. The molecule has 1 aliphatic rings. The summed E-state index contributed by atoms with van der Waals surface area (Å²) in [5.74, 6) is -0.346. The Morgan fingerprint density at radius 3 is 2.38 bits per heavy atom. The van der Waals surface area contributed by atoms with Gasteiger partial charge in [0.25, 0.3) is 0 Å². The Bertz CT molecular complexity index is 1020. The number of hydrogen-bond acceptors (Lipinski definition) is 5. The first kappa shape index (κ1) is 24.2. The third-order valence-corrected chi connectivity index (χ3v) is 7.20. The Balaban J connectivity index is 1.43. The van der Waals surface area contributed by atoms with Crippen LogP contribution in [0, 0.1) is 12.7 Å². The van der Waals surface area contributed by atoms with E-state index in [0.29, 0.717) is 30.6 Å². The monoisotopic (exact) mass is 462 g/mol. The van der Waals surface area contributed by atoms with E-state index in [4.69, 9.17) is 0 Å². The summed E-state index contributed by atoms with van der Waals surface area (Å²) in [5.41, 5.74) is 2.20. The van der Waals surface area contributed by atoms with Gasteiger partial charge in [-0.1, -0.05) is 6.92 Å². The van der Waals surface area contributed by atoms with Crippen LogP contribution in [-0.2, 0) is 14.8 Å². The minimum atomic E-state index is -3.61. The zero-order valence-electron chi connectivity index (χ0n) is 18.6. The number of amides is 1. The minimum Gasteiger partial charge on any atom is -0.369 e. The molecule has 0 aromatic heterocycles. The summed E-state index contributed by atoms with van der Waals surface area (Å²) in [6.07, 6.45) is 1.07. The minimum absolute atomic E-state index is 0.114. The molecule has 1 aliphatic heterocycles. The standard InChI is InChI=1S/C23H31FN4O3S/c1-3-23(29)26-20-7-10-22(18(2)17-20)32(30,31)25-11-4-12-27-13-15-28(16-14-27)21-8-5-19(24)6-9-21/h5-10,17,25H,3-4,11-16H2,1-2H3,(H,26,29). The van der Waals surface area contributed by atoms with Crippen LogP contribution in [0.15, 0.2) is 47.4 Å². The van der Waals surface area contributed by atoms with Crippen molar-refractivity contribution in [1.82, 2.24) is 9.62 Å². The topological polar surface area (TPSA) is 81.7 Å². The molecule has 0 bridgehead atoms. The predicted octanol–water partition coefficient (Wildman–Crippen LogP) is 2.97. The number of benzene rings is 2. The second-order valence-corrected chi connectivity index (χ2v) is 9.67. The molecule has 0 unspecified atom stereocenters. The second-order valence-electron chi connectivity index (χ2n) is 7.94. The van der Waals surface area contributed by atoms with Crippen LogP contribution >= 0.6 is 0 Å². The Hall–Kier alpha value is -2.49. The second kappa shape index (κ2) is 10.9. The van der Waals surface area contributed by atoms with E-state index in [-0.39, 0.29) is 16.6 Å². The molecule has 9 heteroatoms. The van der Waals surface area contributed by atoms with Crippen LogP contribution in [0.2, 0.25) is 0 Å². The fourth-order valence-electron chi connectivity index (χ4n) is 3.75. The summed E-state index contributed by atoms with van der Waals surface area (Å²) in [6.45, 7) is 8.12. The lowest BCUT2D eigenvalue weighted by atomic mass is 10.2. The summed E-state index contributed by atoms with van der Waals surface area (Å²) in [6, 6.07) is 11.3. The van der Waals surface area contributed by atoms with Crippen molar-refractivity contribution in [3.05, 3.63) is 53.8 Å². The molecule has 1 fully saturated rings. The highest BCUT2D eigenvalue weighted by Crippen LogP contribution is 2.20. The van der Waals surface area contributed by atoms with Crippen LogP contribution in [0.1, 0.15) is 25.3 Å². The number of hydrogen-bond donors (Lipinski definition) is 2. The van der Waals surface area contributed by atoms with Crippen LogP contribution in [0.25, 0.3) is 0 Å². The van der Waals surface area contributed by atoms with Gasteiger partial charge in [-0.15, -0.1) is 0 Å². The first-order chi connectivity index (χ1) is 15.3. The highest BCUT2D eigenvalue weighted by atomic mass is 32.2. The van der Waals surface area contributed by atoms with Crippen molar-refractivity contribution < 1.29 is 17.6 Å². The molecule has 0 atom stereocenters. The number of sulfonamides is 1. The van der Waals surface area contributed by atoms with Gasteiger partial charge in [-0.3, -0.25) is 9.69 Å². The van der Waals surface area contributed by atoms with E-state index in [9.17, 15) is 17.6 Å². The quantitative estimate of drug-likeness (QED) is 0.560. The van der Waals surface area contributed by atoms with E-state index >= 15 is 0 Å². The average molecular weight is 463 g/mol. The smallest absolute Gasteiger partial charge is 0.240 e. The van der Waals surface area contributed by atoms with Gasteiger partial charge in [0.2, 0.25) is 15.9 Å². The zero-order chi connectivity index (χ0) is 23.1. The molecule has 0 spiro atoms. The van der Waals surface area contributed by atoms with Crippen molar-refractivity contribution in [3.63, 3.8) is 0 Å². The molecular weight excluding hydrogens is 431 g/mol. The number of carbonyl (C=O) groups is 1. The average Bonchev–Trinajstić information content (AvgIpc) is 2.77. The molecule has 2 aromatic rings. The SMILES string of the molecule is CCC(=O)Nc1ccc(S(=O)(=O)NCCCN2CCN(c3ccc(F)cc3)CC2)c(C)c1. The highest BCUT2D eigenvalue weighted by molar-refractivity contribution is 7.89. The molecule has 3 rings (SSSR count). The number of halogens is 1. The van der Waals surface area contributed by atoms with E-state index in [1.807, 2.05) is 0 Å². The normalized spacial score (nSPS) is 15.0. The van der Waals surface area contributed by atoms with Crippen molar-refractivity contribution in [2.24, 2.45) is 0 Å². The Kier molecular flexibility index (Phi) is 8.22. The molecule has 0 radical (unpaired) electrons. The van der Waals surface area contributed by atoms with Crippen molar-refractivity contribution in [2.45, 2.75) is 31.6 Å². The molecule has 2 aromatic carbocycles. The first-order valence-corrected chi connectivity index (χ1v) is 12.4. The third-order valence-electron chi connectivity index (χ3n) is 5.58. The lowest BCUT2D eigenvalue weighted by Crippen LogP contribution is -2.47. The maximum atomic E-state index is 13.1. The molecule has 0 aliphatic carbocycles. The Morgan fingerprint density at radius 1 is 1.06 bits per heavy atom. The Labute approximate surface area is 189 Å². The van der Waals surface area contributed by atoms with Crippen LogP contribution in [0.4, 0.5) is 15.8 Å². The summed E-state index contributed by atoms with van der Waals surface area (Å²) in [4.78, 5) is 16.3. The molecule has 32 heavy (non-hydrogen) atoms. The van der Waals surface area contributed by atoms with Crippen LogP contribution in [0.5, 0.6) is 0 Å². The Morgan fingerprint density at radius 2 is 1.75 bits per heavy atom. The van der Waals surface area contributed by atoms with Gasteiger partial charge in [0.1, 0.15) is 5.82 Å². The number of carbonyl (C=O) groups excluding carboxylic acids is 1. The molecular formula is C23H31FN4O3S. The van der Waals surface area contributed by atoms with E-state index in [0.717, 1.165) is 38.4 Å². The van der Waals surface area contributed by atoms with Crippen LogP contribution in [-0.4, -0.2) is 58.5 Å². The van der Waals surface area contributed by atoms with Crippen LogP contribution < -0.4 is 14.9 Å². The number of rotatable bonds is 9. The maximum absolute atomic E-state index is 13.1. The van der Waals surface area contributed by atoms with E-state index in [1.165, 1.54) is 18.2 Å². The van der Waals surface area contributed by atoms with E-state index in [2.05, 4.69) is 19.8 Å².